The fourth-order valence-electron chi connectivity index (χ4n) is 5.45. The Hall–Kier alpha value is -2.93. The molecule has 3 aliphatic heterocycles. The van der Waals surface area contributed by atoms with E-state index in [0.29, 0.717) is 24.2 Å². The van der Waals surface area contributed by atoms with E-state index in [2.05, 4.69) is 17.0 Å². The van der Waals surface area contributed by atoms with E-state index in [-0.39, 0.29) is 5.91 Å². The van der Waals surface area contributed by atoms with Crippen LogP contribution in [0.2, 0.25) is 0 Å². The molecule has 1 atom stereocenters. The van der Waals surface area contributed by atoms with Crippen LogP contribution in [-0.2, 0) is 12.8 Å². The van der Waals surface area contributed by atoms with Gasteiger partial charge in [0.1, 0.15) is 0 Å². The normalized spacial score (nSPS) is 19.8. The van der Waals surface area contributed by atoms with Gasteiger partial charge in [-0.15, -0.1) is 0 Å². The van der Waals surface area contributed by atoms with Crippen LogP contribution in [0.4, 0.5) is 0 Å². The number of rotatable bonds is 8. The number of likely N-dealkylation sites (tertiary alicyclic amines) is 1. The fraction of sp³-hybridized carbons (Fsp3) is 0.519. The van der Waals surface area contributed by atoms with Crippen molar-refractivity contribution in [1.82, 2.24) is 9.80 Å². The van der Waals surface area contributed by atoms with Gasteiger partial charge < -0.3 is 28.7 Å². The Labute approximate surface area is 201 Å². The summed E-state index contributed by atoms with van der Waals surface area (Å²) in [5, 5.41) is 0. The molecule has 7 nitrogen and oxygen atoms in total. The van der Waals surface area contributed by atoms with Crippen LogP contribution < -0.4 is 18.9 Å². The van der Waals surface area contributed by atoms with Crippen LogP contribution in [-0.4, -0.2) is 69.4 Å². The van der Waals surface area contributed by atoms with Gasteiger partial charge in [-0.1, -0.05) is 6.07 Å². The topological polar surface area (TPSA) is 60.5 Å². The van der Waals surface area contributed by atoms with Crippen molar-refractivity contribution in [3.8, 4) is 23.0 Å². The zero-order chi connectivity index (χ0) is 23.5. The molecule has 0 aromatic heterocycles. The molecular formula is C27H34N2O5. The van der Waals surface area contributed by atoms with Crippen LogP contribution in [0.5, 0.6) is 23.0 Å². The Balaban J connectivity index is 1.14. The average molecular weight is 467 g/mol. The lowest BCUT2D eigenvalue weighted by molar-refractivity contribution is 0.0660. The van der Waals surface area contributed by atoms with Crippen molar-refractivity contribution in [1.29, 1.82) is 0 Å². The predicted octanol–water partition coefficient (Wildman–Crippen LogP) is 3.78. The first-order valence-electron chi connectivity index (χ1n) is 12.3. The molecule has 3 aliphatic rings. The lowest BCUT2D eigenvalue weighted by atomic mass is 9.93. The van der Waals surface area contributed by atoms with Gasteiger partial charge in [-0.2, -0.15) is 0 Å². The van der Waals surface area contributed by atoms with E-state index < -0.39 is 0 Å². The second kappa shape index (κ2) is 10.1. The van der Waals surface area contributed by atoms with Crippen molar-refractivity contribution in [2.45, 2.75) is 32.1 Å². The van der Waals surface area contributed by atoms with Crippen LogP contribution in [0.3, 0.4) is 0 Å². The minimum Gasteiger partial charge on any atom is -0.493 e. The molecule has 2 aromatic carbocycles. The van der Waals surface area contributed by atoms with Gasteiger partial charge in [0, 0.05) is 25.2 Å². The summed E-state index contributed by atoms with van der Waals surface area (Å²) in [5.74, 6) is 3.63. The molecule has 7 heteroatoms. The van der Waals surface area contributed by atoms with Crippen LogP contribution in [0.15, 0.2) is 30.3 Å². The molecule has 3 heterocycles. The molecule has 1 saturated heterocycles. The highest BCUT2D eigenvalue weighted by Crippen LogP contribution is 2.34. The Kier molecular flexibility index (Phi) is 6.81. The van der Waals surface area contributed by atoms with Crippen LogP contribution in [0, 0.1) is 5.92 Å². The van der Waals surface area contributed by atoms with E-state index in [4.69, 9.17) is 18.9 Å². The van der Waals surface area contributed by atoms with E-state index in [1.54, 1.807) is 14.2 Å². The Bertz CT molecular complexity index is 1040. The second-order valence-electron chi connectivity index (χ2n) is 9.47. The van der Waals surface area contributed by atoms with Gasteiger partial charge in [0.05, 0.1) is 14.2 Å². The van der Waals surface area contributed by atoms with E-state index >= 15 is 0 Å². The summed E-state index contributed by atoms with van der Waals surface area (Å²) in [6.07, 6.45) is 5.38. The van der Waals surface area contributed by atoms with Gasteiger partial charge in [0.2, 0.25) is 6.79 Å². The number of carbonyl (C=O) groups excluding carboxylic acids is 1. The van der Waals surface area contributed by atoms with Crippen molar-refractivity contribution in [2.75, 3.05) is 53.7 Å². The summed E-state index contributed by atoms with van der Waals surface area (Å²) in [5.41, 5.74) is 3.09. The largest absolute Gasteiger partial charge is 0.493 e. The monoisotopic (exact) mass is 466 g/mol. The van der Waals surface area contributed by atoms with Crippen molar-refractivity contribution >= 4 is 5.91 Å². The third-order valence-corrected chi connectivity index (χ3v) is 7.24. The maximum absolute atomic E-state index is 13.2. The number of piperidine rings is 1. The number of ether oxygens (including phenoxy) is 4. The van der Waals surface area contributed by atoms with Crippen molar-refractivity contribution < 1.29 is 23.7 Å². The zero-order valence-electron chi connectivity index (χ0n) is 20.2. The lowest BCUT2D eigenvalue weighted by Crippen LogP contribution is -2.45. The maximum Gasteiger partial charge on any atom is 0.254 e. The molecule has 1 unspecified atom stereocenters. The van der Waals surface area contributed by atoms with Gasteiger partial charge in [-0.25, -0.2) is 0 Å². The smallest absolute Gasteiger partial charge is 0.254 e. The molecule has 182 valence electrons. The van der Waals surface area contributed by atoms with Crippen molar-refractivity contribution in [3.63, 3.8) is 0 Å². The third-order valence-electron chi connectivity index (χ3n) is 7.24. The first-order chi connectivity index (χ1) is 16.6. The number of methoxy groups -OCH3 is 2. The van der Waals surface area contributed by atoms with Crippen LogP contribution >= 0.6 is 0 Å². The van der Waals surface area contributed by atoms with E-state index in [0.717, 1.165) is 74.6 Å². The third kappa shape index (κ3) is 4.80. The SMILES string of the molecule is COc1cc2c(cc1OC)C(=O)N(CC1CCCN(CCCc3ccc4c(c3)OCO4)C1)CC2. The number of amides is 1. The molecule has 1 amide bonds. The number of fused-ring (bicyclic) bond motifs is 2. The van der Waals surface area contributed by atoms with Gasteiger partial charge >= 0.3 is 0 Å². The molecule has 5 rings (SSSR count). The molecule has 0 saturated carbocycles. The molecular weight excluding hydrogens is 432 g/mol. The second-order valence-corrected chi connectivity index (χ2v) is 9.47. The van der Waals surface area contributed by atoms with Crippen molar-refractivity contribution in [2.24, 2.45) is 5.92 Å². The van der Waals surface area contributed by atoms with E-state index in [1.807, 2.05) is 23.1 Å². The summed E-state index contributed by atoms with van der Waals surface area (Å²) in [4.78, 5) is 17.8. The lowest BCUT2D eigenvalue weighted by Gasteiger charge is -2.37. The molecule has 0 aliphatic carbocycles. The van der Waals surface area contributed by atoms with Gasteiger partial charge in [0.25, 0.3) is 5.91 Å². The molecule has 34 heavy (non-hydrogen) atoms. The summed E-state index contributed by atoms with van der Waals surface area (Å²) >= 11 is 0. The maximum atomic E-state index is 13.2. The number of aryl methyl sites for hydroxylation is 1. The highest BCUT2D eigenvalue weighted by atomic mass is 16.7. The highest BCUT2D eigenvalue weighted by Gasteiger charge is 2.30. The highest BCUT2D eigenvalue weighted by molar-refractivity contribution is 5.97. The molecule has 0 N–H and O–H groups in total. The fourth-order valence-corrected chi connectivity index (χ4v) is 5.45. The number of carbonyl (C=O) groups is 1. The molecule has 2 aromatic rings. The van der Waals surface area contributed by atoms with Gasteiger partial charge in [-0.05, 0) is 86.5 Å². The van der Waals surface area contributed by atoms with Crippen molar-refractivity contribution in [3.05, 3.63) is 47.0 Å². The Morgan fingerprint density at radius 3 is 2.71 bits per heavy atom. The van der Waals surface area contributed by atoms with E-state index in [9.17, 15) is 4.79 Å². The summed E-state index contributed by atoms with van der Waals surface area (Å²) in [6, 6.07) is 10.0. The van der Waals surface area contributed by atoms with E-state index in [1.165, 1.54) is 18.4 Å². The average Bonchev–Trinajstić information content (AvgIpc) is 3.33. The molecule has 0 bridgehead atoms. The molecule has 0 radical (unpaired) electrons. The number of hydrogen-bond acceptors (Lipinski definition) is 6. The minimum atomic E-state index is 0.113. The summed E-state index contributed by atoms with van der Waals surface area (Å²) in [7, 11) is 3.24. The van der Waals surface area contributed by atoms with Crippen LogP contribution in [0.1, 0.15) is 40.7 Å². The summed E-state index contributed by atoms with van der Waals surface area (Å²) < 4.78 is 21.7. The minimum absolute atomic E-state index is 0.113. The number of hydrogen-bond donors (Lipinski definition) is 0. The number of nitrogens with zero attached hydrogens (tertiary/aromatic N) is 2. The van der Waals surface area contributed by atoms with Crippen LogP contribution in [0.25, 0.3) is 0 Å². The first-order valence-corrected chi connectivity index (χ1v) is 12.3. The first kappa shape index (κ1) is 22.8. The van der Waals surface area contributed by atoms with Gasteiger partial charge in [-0.3, -0.25) is 4.79 Å². The quantitative estimate of drug-likeness (QED) is 0.590. The predicted molar refractivity (Wildman–Crippen MR) is 129 cm³/mol. The Morgan fingerprint density at radius 2 is 1.85 bits per heavy atom. The molecule has 1 fully saturated rings. The zero-order valence-corrected chi connectivity index (χ0v) is 20.2. The Morgan fingerprint density at radius 1 is 1.03 bits per heavy atom. The number of benzene rings is 2. The standard InChI is InChI=1S/C27H34N2O5/c1-31-24-14-21-9-12-29(27(30)22(21)15-25(24)32-2)17-20-6-4-11-28(16-20)10-3-5-19-7-8-23-26(13-19)34-18-33-23/h7-8,13-15,20H,3-6,9-12,16-18H2,1-2H3. The summed E-state index contributed by atoms with van der Waals surface area (Å²) in [6.45, 7) is 5.20. The van der Waals surface area contributed by atoms with Gasteiger partial charge in [0.15, 0.2) is 23.0 Å². The molecule has 0 spiro atoms.